The number of fused-ring (bicyclic) bond motifs is 1. The molecule has 3 rings (SSSR count). The van der Waals surface area contributed by atoms with Crippen LogP contribution in [0, 0.1) is 5.41 Å². The van der Waals surface area contributed by atoms with Crippen LogP contribution in [0.15, 0.2) is 37.1 Å². The molecule has 0 fully saturated rings. The Hall–Kier alpha value is -3.00. The second-order valence-electron chi connectivity index (χ2n) is 7.15. The van der Waals surface area contributed by atoms with Crippen LogP contribution in [-0.2, 0) is 0 Å². The van der Waals surface area contributed by atoms with E-state index in [0.717, 1.165) is 29.6 Å². The molecule has 3 aromatic rings. The number of aliphatic hydroxyl groups is 1. The molecule has 8 heteroatoms. The summed E-state index contributed by atoms with van der Waals surface area (Å²) in [6.45, 7) is 6.70. The Morgan fingerprint density at radius 1 is 1.28 bits per heavy atom. The molecule has 154 valence electrons. The highest BCUT2D eigenvalue weighted by atomic mass is 16.3. The fourth-order valence-electron chi connectivity index (χ4n) is 3.27. The second-order valence-corrected chi connectivity index (χ2v) is 7.15. The Labute approximate surface area is 170 Å². The van der Waals surface area contributed by atoms with Gasteiger partial charge in [-0.2, -0.15) is 10.2 Å². The fourth-order valence-corrected chi connectivity index (χ4v) is 3.27. The Morgan fingerprint density at radius 3 is 2.76 bits per heavy atom. The zero-order chi connectivity index (χ0) is 20.8. The van der Waals surface area contributed by atoms with Crippen LogP contribution in [0.2, 0.25) is 0 Å². The van der Waals surface area contributed by atoms with E-state index in [0.29, 0.717) is 30.3 Å². The van der Waals surface area contributed by atoms with Gasteiger partial charge in [0.1, 0.15) is 0 Å². The largest absolute Gasteiger partial charge is 0.393 e. The molecule has 1 atom stereocenters. The first-order valence-electron chi connectivity index (χ1n) is 10.1. The second kappa shape index (κ2) is 9.47. The van der Waals surface area contributed by atoms with Gasteiger partial charge >= 0.3 is 0 Å². The van der Waals surface area contributed by atoms with Crippen molar-refractivity contribution in [3.05, 3.63) is 42.7 Å². The van der Waals surface area contributed by atoms with Crippen LogP contribution in [0.1, 0.15) is 51.8 Å². The molecule has 3 N–H and O–H groups in total. The Balaban J connectivity index is 1.97. The number of nitrogens with one attached hydrogen (secondary N) is 2. The van der Waals surface area contributed by atoms with Crippen molar-refractivity contribution in [3.8, 4) is 11.3 Å². The van der Waals surface area contributed by atoms with Gasteiger partial charge in [0.05, 0.1) is 47.6 Å². The minimum atomic E-state index is -0.365. The van der Waals surface area contributed by atoms with E-state index in [2.05, 4.69) is 29.4 Å². The van der Waals surface area contributed by atoms with Gasteiger partial charge in [0.15, 0.2) is 0 Å². The maximum Gasteiger partial charge on any atom is 0.0999 e. The van der Waals surface area contributed by atoms with Crippen molar-refractivity contribution in [3.63, 3.8) is 0 Å². The van der Waals surface area contributed by atoms with E-state index in [1.807, 2.05) is 29.3 Å². The van der Waals surface area contributed by atoms with Crippen LogP contribution in [0.5, 0.6) is 0 Å². The van der Waals surface area contributed by atoms with Gasteiger partial charge in [0.25, 0.3) is 0 Å². The number of rotatable bonds is 10. The van der Waals surface area contributed by atoms with Gasteiger partial charge in [0.2, 0.25) is 0 Å². The molecule has 0 spiro atoms. The summed E-state index contributed by atoms with van der Waals surface area (Å²) in [6, 6.07) is 2.29. The third-order valence-electron chi connectivity index (χ3n) is 5.00. The summed E-state index contributed by atoms with van der Waals surface area (Å²) in [5.74, 6) is 0. The molecule has 1 unspecified atom stereocenters. The summed E-state index contributed by atoms with van der Waals surface area (Å²) in [7, 11) is 0. The molecule has 3 aromatic heterocycles. The number of hydrogen-bond donors (Lipinski definition) is 3. The minimum Gasteiger partial charge on any atom is -0.393 e. The standard InChI is InChI=1S/C21H29N7O/c1-4-18(5-2)27-13-17(12-25-27)21-20-7-9-24-28(20)14-19(26-21)16(10-22)11-23-8-6-15(3)29/h7,9-15,18,22-23,29H,4-6,8H2,1-3H3/b16-11+,22-10?. The lowest BCUT2D eigenvalue weighted by atomic mass is 10.1. The summed E-state index contributed by atoms with van der Waals surface area (Å²) in [6.07, 6.45) is 12.8. The van der Waals surface area contributed by atoms with Crippen LogP contribution >= 0.6 is 0 Å². The Kier molecular flexibility index (Phi) is 6.77. The van der Waals surface area contributed by atoms with Gasteiger partial charge in [-0.1, -0.05) is 13.8 Å². The first kappa shape index (κ1) is 20.7. The quantitative estimate of drug-likeness (QED) is 0.361. The summed E-state index contributed by atoms with van der Waals surface area (Å²) in [5, 5.41) is 29.3. The average molecular weight is 396 g/mol. The summed E-state index contributed by atoms with van der Waals surface area (Å²) >= 11 is 0. The molecule has 0 aliphatic carbocycles. The van der Waals surface area contributed by atoms with E-state index in [1.54, 1.807) is 23.8 Å². The van der Waals surface area contributed by atoms with Crippen LogP contribution < -0.4 is 5.32 Å². The molecule has 0 amide bonds. The van der Waals surface area contributed by atoms with Gasteiger partial charge < -0.3 is 15.8 Å². The highest BCUT2D eigenvalue weighted by Gasteiger charge is 2.15. The number of aliphatic hydroxyl groups excluding tert-OH is 1. The molecule has 0 saturated heterocycles. The Morgan fingerprint density at radius 2 is 2.07 bits per heavy atom. The molecule has 0 aromatic carbocycles. The summed E-state index contributed by atoms with van der Waals surface area (Å²) in [5.41, 5.74) is 3.89. The molecule has 0 saturated carbocycles. The van der Waals surface area contributed by atoms with E-state index in [-0.39, 0.29) is 6.10 Å². The minimum absolute atomic E-state index is 0.364. The topological polar surface area (TPSA) is 104 Å². The van der Waals surface area contributed by atoms with Crippen molar-refractivity contribution >= 4 is 17.3 Å². The number of aromatic nitrogens is 5. The molecular weight excluding hydrogens is 366 g/mol. The maximum absolute atomic E-state index is 9.39. The zero-order valence-corrected chi connectivity index (χ0v) is 17.2. The van der Waals surface area contributed by atoms with Gasteiger partial charge in [-0.15, -0.1) is 0 Å². The van der Waals surface area contributed by atoms with Crippen molar-refractivity contribution in [2.75, 3.05) is 6.54 Å². The number of nitrogens with zero attached hydrogens (tertiary/aromatic N) is 5. The van der Waals surface area contributed by atoms with Gasteiger partial charge in [-0.25, -0.2) is 9.50 Å². The summed E-state index contributed by atoms with van der Waals surface area (Å²) < 4.78 is 3.78. The van der Waals surface area contributed by atoms with Gasteiger partial charge in [-0.05, 0) is 32.3 Å². The molecule has 0 aliphatic rings. The van der Waals surface area contributed by atoms with Crippen molar-refractivity contribution in [1.29, 1.82) is 5.41 Å². The average Bonchev–Trinajstić information content (AvgIpc) is 3.38. The number of hydrogen-bond acceptors (Lipinski definition) is 6. The van der Waals surface area contributed by atoms with E-state index < -0.39 is 0 Å². The van der Waals surface area contributed by atoms with E-state index in [4.69, 9.17) is 10.4 Å². The predicted molar refractivity (Wildman–Crippen MR) is 115 cm³/mol. The zero-order valence-electron chi connectivity index (χ0n) is 17.2. The molecule has 0 aliphatic heterocycles. The van der Waals surface area contributed by atoms with Crippen molar-refractivity contribution in [2.24, 2.45) is 0 Å². The van der Waals surface area contributed by atoms with Crippen molar-refractivity contribution < 1.29 is 5.11 Å². The molecule has 0 radical (unpaired) electrons. The Bertz CT molecular complexity index is 982. The SMILES string of the molecule is CCC(CC)n1cc(-c2nc(/C(C=N)=C/NCCC(C)O)cn3nccc23)cn1. The van der Waals surface area contributed by atoms with Crippen LogP contribution in [0.25, 0.3) is 22.3 Å². The fraction of sp³-hybridized carbons (Fsp3) is 0.429. The summed E-state index contributed by atoms with van der Waals surface area (Å²) in [4.78, 5) is 4.83. The van der Waals surface area contributed by atoms with Crippen LogP contribution in [-0.4, -0.2) is 48.3 Å². The molecule has 3 heterocycles. The molecule has 8 nitrogen and oxygen atoms in total. The molecule has 29 heavy (non-hydrogen) atoms. The normalized spacial score (nSPS) is 13.2. The predicted octanol–water partition coefficient (Wildman–Crippen LogP) is 3.30. The van der Waals surface area contributed by atoms with Crippen LogP contribution in [0.4, 0.5) is 0 Å². The monoisotopic (exact) mass is 395 g/mol. The third kappa shape index (κ3) is 4.71. The highest BCUT2D eigenvalue weighted by molar-refractivity contribution is 6.07. The lowest BCUT2D eigenvalue weighted by Gasteiger charge is -2.12. The van der Waals surface area contributed by atoms with E-state index in [1.165, 1.54) is 6.21 Å². The maximum atomic E-state index is 9.39. The molecule has 0 bridgehead atoms. The smallest absolute Gasteiger partial charge is 0.0999 e. The van der Waals surface area contributed by atoms with Crippen LogP contribution in [0.3, 0.4) is 0 Å². The first-order chi connectivity index (χ1) is 14.1. The van der Waals surface area contributed by atoms with E-state index >= 15 is 0 Å². The number of allylic oxidation sites excluding steroid dienone is 1. The van der Waals surface area contributed by atoms with Crippen molar-refractivity contribution in [2.45, 2.75) is 52.2 Å². The van der Waals surface area contributed by atoms with Gasteiger partial charge in [0, 0.05) is 36.3 Å². The third-order valence-corrected chi connectivity index (χ3v) is 5.00. The van der Waals surface area contributed by atoms with E-state index in [9.17, 15) is 5.11 Å². The first-order valence-corrected chi connectivity index (χ1v) is 10.1. The highest BCUT2D eigenvalue weighted by Crippen LogP contribution is 2.26. The lowest BCUT2D eigenvalue weighted by molar-refractivity contribution is 0.185. The van der Waals surface area contributed by atoms with Gasteiger partial charge in [-0.3, -0.25) is 4.68 Å². The van der Waals surface area contributed by atoms with Crippen molar-refractivity contribution in [1.82, 2.24) is 29.7 Å². The lowest BCUT2D eigenvalue weighted by Crippen LogP contribution is -2.14. The molecular formula is C21H29N7O.